The molecule has 1 amide bonds. The number of carbonyl (C=O) groups is 1. The van der Waals surface area contributed by atoms with Gasteiger partial charge in [-0.15, -0.1) is 0 Å². The van der Waals surface area contributed by atoms with Crippen molar-refractivity contribution in [3.05, 3.63) is 47.9 Å². The van der Waals surface area contributed by atoms with Gasteiger partial charge in [0.05, 0.1) is 6.61 Å². The van der Waals surface area contributed by atoms with Crippen LogP contribution < -0.4 is 9.47 Å². The molecule has 0 spiro atoms. The lowest BCUT2D eigenvalue weighted by atomic mass is 10.3. The number of rotatable bonds is 8. The van der Waals surface area contributed by atoms with Crippen LogP contribution >= 0.6 is 0 Å². The number of benzene rings is 1. The van der Waals surface area contributed by atoms with Gasteiger partial charge in [0, 0.05) is 32.7 Å². The van der Waals surface area contributed by atoms with Crippen molar-refractivity contribution in [2.24, 2.45) is 0 Å². The van der Waals surface area contributed by atoms with Crippen LogP contribution in [-0.2, 0) is 0 Å². The van der Waals surface area contributed by atoms with Gasteiger partial charge in [-0.3, -0.25) is 9.69 Å². The normalized spacial score (nSPS) is 15.0. The number of hydrogen-bond acceptors (Lipinski definition) is 5. The smallest absolute Gasteiger partial charge is 0.289 e. The molecule has 146 valence electrons. The highest BCUT2D eigenvalue weighted by Crippen LogP contribution is 2.18. The summed E-state index contributed by atoms with van der Waals surface area (Å²) in [6.07, 6.45) is 0.998. The fourth-order valence-corrected chi connectivity index (χ4v) is 3.02. The molecule has 1 aliphatic heterocycles. The summed E-state index contributed by atoms with van der Waals surface area (Å²) >= 11 is 0. The zero-order chi connectivity index (χ0) is 19.1. The maximum absolute atomic E-state index is 12.4. The summed E-state index contributed by atoms with van der Waals surface area (Å²) in [6, 6.07) is 11.3. The molecule has 0 bridgehead atoms. The first-order valence-corrected chi connectivity index (χ1v) is 9.59. The van der Waals surface area contributed by atoms with Crippen molar-refractivity contribution in [1.82, 2.24) is 9.80 Å². The second kappa shape index (κ2) is 9.46. The molecule has 0 saturated carbocycles. The maximum Gasteiger partial charge on any atom is 0.289 e. The Morgan fingerprint density at radius 1 is 0.963 bits per heavy atom. The van der Waals surface area contributed by atoms with Gasteiger partial charge in [-0.05, 0) is 49.7 Å². The summed E-state index contributed by atoms with van der Waals surface area (Å²) in [5.41, 5.74) is 0. The molecule has 3 rings (SSSR count). The van der Waals surface area contributed by atoms with Crippen molar-refractivity contribution in [3.8, 4) is 11.5 Å². The SMILES string of the molecule is CCCOc1ccc(OCCN2CCN(C(=O)c3ccc(C)o3)CC2)cc1. The van der Waals surface area contributed by atoms with E-state index in [9.17, 15) is 4.79 Å². The van der Waals surface area contributed by atoms with Gasteiger partial charge in [0.25, 0.3) is 5.91 Å². The molecular formula is C21H28N2O4. The van der Waals surface area contributed by atoms with Gasteiger partial charge in [0.1, 0.15) is 23.9 Å². The van der Waals surface area contributed by atoms with E-state index in [1.54, 1.807) is 6.07 Å². The maximum atomic E-state index is 12.4. The Balaban J connectivity index is 1.36. The molecule has 0 aliphatic carbocycles. The molecule has 6 nitrogen and oxygen atoms in total. The quantitative estimate of drug-likeness (QED) is 0.712. The number of ether oxygens (including phenoxy) is 2. The predicted molar refractivity (Wildman–Crippen MR) is 104 cm³/mol. The lowest BCUT2D eigenvalue weighted by Crippen LogP contribution is -2.49. The van der Waals surface area contributed by atoms with Crippen LogP contribution in [0.1, 0.15) is 29.7 Å². The molecule has 6 heteroatoms. The number of piperazine rings is 1. The van der Waals surface area contributed by atoms with Crippen LogP contribution in [0.5, 0.6) is 11.5 Å². The van der Waals surface area contributed by atoms with Crippen molar-refractivity contribution in [3.63, 3.8) is 0 Å². The Bertz CT molecular complexity index is 718. The number of hydrogen-bond donors (Lipinski definition) is 0. The van der Waals surface area contributed by atoms with E-state index in [2.05, 4.69) is 11.8 Å². The van der Waals surface area contributed by atoms with Crippen molar-refractivity contribution < 1.29 is 18.7 Å². The molecule has 1 fully saturated rings. The van der Waals surface area contributed by atoms with E-state index in [4.69, 9.17) is 13.9 Å². The van der Waals surface area contributed by atoms with Crippen LogP contribution in [0.25, 0.3) is 0 Å². The largest absolute Gasteiger partial charge is 0.494 e. The number of carbonyl (C=O) groups excluding carboxylic acids is 1. The molecule has 0 radical (unpaired) electrons. The van der Waals surface area contributed by atoms with Crippen LogP contribution in [-0.4, -0.2) is 61.6 Å². The summed E-state index contributed by atoms with van der Waals surface area (Å²) in [5, 5.41) is 0. The first-order chi connectivity index (χ1) is 13.2. The van der Waals surface area contributed by atoms with Gasteiger partial charge in [-0.1, -0.05) is 6.92 Å². The minimum absolute atomic E-state index is 0.0237. The van der Waals surface area contributed by atoms with E-state index >= 15 is 0 Å². The molecule has 1 aliphatic rings. The number of aryl methyl sites for hydroxylation is 1. The van der Waals surface area contributed by atoms with E-state index in [0.29, 0.717) is 25.5 Å². The third-order valence-corrected chi connectivity index (χ3v) is 4.58. The van der Waals surface area contributed by atoms with Gasteiger partial charge in [-0.2, -0.15) is 0 Å². The summed E-state index contributed by atoms with van der Waals surface area (Å²) < 4.78 is 16.8. The standard InChI is InChI=1S/C21H28N2O4/c1-3-15-25-18-5-7-19(8-6-18)26-16-14-22-10-12-23(13-11-22)21(24)20-9-4-17(2)27-20/h4-9H,3,10-16H2,1-2H3. The minimum atomic E-state index is -0.0237. The first kappa shape index (κ1) is 19.3. The van der Waals surface area contributed by atoms with Gasteiger partial charge < -0.3 is 18.8 Å². The van der Waals surface area contributed by atoms with E-state index < -0.39 is 0 Å². The molecule has 27 heavy (non-hydrogen) atoms. The van der Waals surface area contributed by atoms with Crippen LogP contribution in [0.15, 0.2) is 40.8 Å². The average molecular weight is 372 g/mol. The van der Waals surface area contributed by atoms with Gasteiger partial charge in [0.15, 0.2) is 5.76 Å². The Hall–Kier alpha value is -2.47. The van der Waals surface area contributed by atoms with Crippen LogP contribution in [0.2, 0.25) is 0 Å². The topological polar surface area (TPSA) is 55.2 Å². The van der Waals surface area contributed by atoms with Crippen LogP contribution in [0.4, 0.5) is 0 Å². The highest BCUT2D eigenvalue weighted by atomic mass is 16.5. The highest BCUT2D eigenvalue weighted by Gasteiger charge is 2.23. The second-order valence-corrected chi connectivity index (χ2v) is 6.71. The van der Waals surface area contributed by atoms with Gasteiger partial charge in [0.2, 0.25) is 0 Å². The number of nitrogens with zero attached hydrogens (tertiary/aromatic N) is 2. The number of amides is 1. The van der Waals surface area contributed by atoms with Crippen molar-refractivity contribution in [2.45, 2.75) is 20.3 Å². The zero-order valence-electron chi connectivity index (χ0n) is 16.1. The average Bonchev–Trinajstić information content (AvgIpc) is 3.14. The van der Waals surface area contributed by atoms with Crippen molar-refractivity contribution >= 4 is 5.91 Å². The molecule has 1 aromatic carbocycles. The van der Waals surface area contributed by atoms with Gasteiger partial charge >= 0.3 is 0 Å². The number of furan rings is 1. The molecule has 1 saturated heterocycles. The fourth-order valence-electron chi connectivity index (χ4n) is 3.02. The molecule has 2 heterocycles. The van der Waals surface area contributed by atoms with Crippen molar-refractivity contribution in [1.29, 1.82) is 0 Å². The zero-order valence-corrected chi connectivity index (χ0v) is 16.1. The molecular weight excluding hydrogens is 344 g/mol. The van der Waals surface area contributed by atoms with E-state index in [1.807, 2.05) is 42.2 Å². The molecule has 2 aromatic rings. The predicted octanol–water partition coefficient (Wildman–Crippen LogP) is 3.21. The second-order valence-electron chi connectivity index (χ2n) is 6.71. The van der Waals surface area contributed by atoms with Crippen LogP contribution in [0.3, 0.4) is 0 Å². The summed E-state index contributed by atoms with van der Waals surface area (Å²) in [5.74, 6) is 2.89. The van der Waals surface area contributed by atoms with Gasteiger partial charge in [-0.25, -0.2) is 0 Å². The fraction of sp³-hybridized carbons (Fsp3) is 0.476. The lowest BCUT2D eigenvalue weighted by molar-refractivity contribution is 0.0589. The molecule has 0 atom stereocenters. The Labute approximate surface area is 160 Å². The molecule has 0 N–H and O–H groups in total. The molecule has 0 unspecified atom stereocenters. The monoisotopic (exact) mass is 372 g/mol. The third kappa shape index (κ3) is 5.50. The molecule has 1 aromatic heterocycles. The Kier molecular flexibility index (Phi) is 6.76. The summed E-state index contributed by atoms with van der Waals surface area (Å²) in [4.78, 5) is 16.6. The highest BCUT2D eigenvalue weighted by molar-refractivity contribution is 5.91. The summed E-state index contributed by atoms with van der Waals surface area (Å²) in [7, 11) is 0. The van der Waals surface area contributed by atoms with E-state index in [0.717, 1.165) is 49.9 Å². The van der Waals surface area contributed by atoms with E-state index in [-0.39, 0.29) is 5.91 Å². The summed E-state index contributed by atoms with van der Waals surface area (Å²) in [6.45, 7) is 9.25. The van der Waals surface area contributed by atoms with Crippen LogP contribution in [0, 0.1) is 6.92 Å². The lowest BCUT2D eigenvalue weighted by Gasteiger charge is -2.34. The van der Waals surface area contributed by atoms with Crippen molar-refractivity contribution in [2.75, 3.05) is 45.9 Å². The Morgan fingerprint density at radius 3 is 2.15 bits per heavy atom. The minimum Gasteiger partial charge on any atom is -0.494 e. The Morgan fingerprint density at radius 2 is 1.59 bits per heavy atom. The first-order valence-electron chi connectivity index (χ1n) is 9.59. The third-order valence-electron chi connectivity index (χ3n) is 4.58. The van der Waals surface area contributed by atoms with E-state index in [1.165, 1.54) is 0 Å².